The van der Waals surface area contributed by atoms with Crippen LogP contribution in [-0.4, -0.2) is 82.6 Å². The van der Waals surface area contributed by atoms with E-state index in [0.717, 1.165) is 13.1 Å². The van der Waals surface area contributed by atoms with Gasteiger partial charge in [-0.2, -0.15) is 0 Å². The van der Waals surface area contributed by atoms with E-state index in [4.69, 9.17) is 30.0 Å². The van der Waals surface area contributed by atoms with Crippen molar-refractivity contribution in [3.8, 4) is 0 Å². The van der Waals surface area contributed by atoms with Crippen molar-refractivity contribution in [2.45, 2.75) is 13.8 Å². The van der Waals surface area contributed by atoms with Crippen LogP contribution in [-0.2, 0) is 0 Å². The highest BCUT2D eigenvalue weighted by Gasteiger charge is 2.60. The summed E-state index contributed by atoms with van der Waals surface area (Å²) in [7, 11) is 12.2. The fourth-order valence-electron chi connectivity index (χ4n) is 1.65. The maximum atomic E-state index is 5.40. The normalized spacial score (nSPS) is 18.8. The molecular weight excluding hydrogens is 342 g/mol. The zero-order valence-corrected chi connectivity index (χ0v) is 17.8. The van der Waals surface area contributed by atoms with Gasteiger partial charge in [-0.05, 0) is 38.3 Å². The molecule has 0 amide bonds. The SMILES string of the molecule is CC[N+](C)(C)[N+](C)([N][N+](C)(C(=S)S)[N+](C)(C)CC)C(=S)S. The molecule has 0 N–H and O–H groups in total. The summed E-state index contributed by atoms with van der Waals surface area (Å²) in [6.45, 7) is 5.89. The number of thiocarbonyl (C=S) groups is 2. The first-order chi connectivity index (χ1) is 9.22. The van der Waals surface area contributed by atoms with Crippen molar-refractivity contribution in [2.75, 3.05) is 55.4 Å². The lowest BCUT2D eigenvalue weighted by molar-refractivity contribution is -1.56. The van der Waals surface area contributed by atoms with Crippen LogP contribution < -0.4 is 5.53 Å². The van der Waals surface area contributed by atoms with Gasteiger partial charge < -0.3 is 0 Å². The van der Waals surface area contributed by atoms with E-state index >= 15 is 0 Å². The molecule has 0 aliphatic carbocycles. The Morgan fingerprint density at radius 3 is 1.14 bits per heavy atom. The van der Waals surface area contributed by atoms with Crippen molar-refractivity contribution in [3.63, 3.8) is 0 Å². The molecule has 0 heterocycles. The summed E-state index contributed by atoms with van der Waals surface area (Å²) in [6, 6.07) is 0. The van der Waals surface area contributed by atoms with Crippen LogP contribution in [0.3, 0.4) is 0 Å². The third-order valence-electron chi connectivity index (χ3n) is 4.73. The third-order valence-corrected chi connectivity index (χ3v) is 6.18. The van der Waals surface area contributed by atoms with Crippen molar-refractivity contribution in [3.05, 3.63) is 0 Å². The van der Waals surface area contributed by atoms with Gasteiger partial charge in [-0.15, -0.1) is 9.18 Å². The number of quaternary nitrogens is 4. The van der Waals surface area contributed by atoms with E-state index < -0.39 is 0 Å². The molecule has 2 unspecified atom stereocenters. The van der Waals surface area contributed by atoms with Crippen LogP contribution in [0.1, 0.15) is 13.8 Å². The maximum Gasteiger partial charge on any atom is 0.304 e. The Morgan fingerprint density at radius 1 is 0.762 bits per heavy atom. The second-order valence-electron chi connectivity index (χ2n) is 6.36. The molecule has 0 rings (SSSR count). The summed E-state index contributed by atoms with van der Waals surface area (Å²) in [5.74, 6) is 0. The molecule has 0 aromatic heterocycles. The molecule has 0 spiro atoms. The minimum absolute atomic E-state index is 0.133. The second kappa shape index (κ2) is 7.06. The predicted octanol–water partition coefficient (Wildman–Crippen LogP) is 1.77. The molecule has 0 aliphatic heterocycles. The van der Waals surface area contributed by atoms with Crippen LogP contribution in [0.15, 0.2) is 0 Å². The van der Waals surface area contributed by atoms with Crippen LogP contribution in [0.2, 0.25) is 0 Å². The van der Waals surface area contributed by atoms with E-state index in [1.165, 1.54) is 0 Å². The Labute approximate surface area is 151 Å². The van der Waals surface area contributed by atoms with Gasteiger partial charge in [0.2, 0.25) is 0 Å². The lowest BCUT2D eigenvalue weighted by Crippen LogP contribution is -2.82. The maximum absolute atomic E-state index is 5.40. The topological polar surface area (TPSA) is 14.1 Å². The summed E-state index contributed by atoms with van der Waals surface area (Å²) < 4.78 is 2.33. The van der Waals surface area contributed by atoms with Crippen LogP contribution in [0.25, 0.3) is 0 Å². The van der Waals surface area contributed by atoms with Gasteiger partial charge in [-0.3, -0.25) is 0 Å². The molecule has 1 radical (unpaired) electrons. The first kappa shape index (κ1) is 21.7. The number of rotatable bonds is 6. The van der Waals surface area contributed by atoms with Gasteiger partial charge in [-0.1, -0.05) is 25.3 Å². The minimum atomic E-state index is 0.133. The van der Waals surface area contributed by atoms with Gasteiger partial charge >= 0.3 is 14.2 Å². The van der Waals surface area contributed by atoms with E-state index in [2.05, 4.69) is 67.3 Å². The molecule has 5 nitrogen and oxygen atoms in total. The minimum Gasteiger partial charge on any atom is -0.146 e. The third kappa shape index (κ3) is 3.96. The largest absolute Gasteiger partial charge is 0.304 e. The Hall–Kier alpha value is 0.680. The van der Waals surface area contributed by atoms with E-state index in [1.54, 1.807) is 0 Å². The number of hydrogen-bond acceptors (Lipinski definition) is 2. The second-order valence-corrected chi connectivity index (χ2v) is 8.58. The van der Waals surface area contributed by atoms with Crippen molar-refractivity contribution in [1.29, 1.82) is 0 Å². The smallest absolute Gasteiger partial charge is 0.146 e. The fraction of sp³-hybridized carbons (Fsp3) is 0.833. The molecule has 0 bridgehead atoms. The van der Waals surface area contributed by atoms with Crippen LogP contribution in [0, 0.1) is 0 Å². The van der Waals surface area contributed by atoms with Gasteiger partial charge in [0.25, 0.3) is 0 Å². The Kier molecular flexibility index (Phi) is 7.29. The highest BCUT2D eigenvalue weighted by molar-refractivity contribution is 8.10. The number of hydrogen-bond donors (Lipinski definition) is 2. The first-order valence-corrected chi connectivity index (χ1v) is 8.54. The van der Waals surface area contributed by atoms with Crippen LogP contribution in [0.5, 0.6) is 0 Å². The molecule has 123 valence electrons. The average molecular weight is 373 g/mol. The standard InChI is InChI=1S/C12H28N5S4/c1-9-14(3,4)16(7,11(18)19)13-17(8,12(20)21)15(5,6)10-2/h9-10H2,1-8H3/q+2/p+2. The molecular formula is C12H30N5S4+4. The summed E-state index contributed by atoms with van der Waals surface area (Å²) in [6.07, 6.45) is 0. The molecule has 0 aliphatic rings. The van der Waals surface area contributed by atoms with E-state index in [9.17, 15) is 0 Å². The van der Waals surface area contributed by atoms with E-state index in [1.807, 2.05) is 14.1 Å². The van der Waals surface area contributed by atoms with Crippen LogP contribution in [0.4, 0.5) is 0 Å². The first-order valence-electron chi connectivity index (χ1n) is 6.83. The van der Waals surface area contributed by atoms with E-state index in [-0.39, 0.29) is 9.40 Å². The van der Waals surface area contributed by atoms with Gasteiger partial charge in [-0.25, -0.2) is 0 Å². The Morgan fingerprint density at radius 2 is 1.00 bits per heavy atom. The van der Waals surface area contributed by atoms with Gasteiger partial charge in [0.15, 0.2) is 0 Å². The summed E-state index contributed by atoms with van der Waals surface area (Å²) in [5, 5.41) is 0. The summed E-state index contributed by atoms with van der Waals surface area (Å²) >= 11 is 19.7. The number of thiol groups is 2. The Bertz CT molecular complexity index is 388. The van der Waals surface area contributed by atoms with Gasteiger partial charge in [0, 0.05) is 9.40 Å². The predicted molar refractivity (Wildman–Crippen MR) is 103 cm³/mol. The van der Waals surface area contributed by atoms with E-state index in [0.29, 0.717) is 17.8 Å². The summed E-state index contributed by atoms with van der Waals surface area (Å²) in [4.78, 5) is 0. The molecule has 0 saturated heterocycles. The molecule has 21 heavy (non-hydrogen) atoms. The summed E-state index contributed by atoms with van der Waals surface area (Å²) in [5.41, 5.74) is 5.01. The fourth-order valence-corrected chi connectivity index (χ4v) is 2.73. The van der Waals surface area contributed by atoms with Gasteiger partial charge in [0.1, 0.15) is 55.4 Å². The zero-order chi connectivity index (χ0) is 17.3. The lowest BCUT2D eigenvalue weighted by atomic mass is 10.6. The molecule has 0 aromatic carbocycles. The number of nitrogens with zero attached hydrogens (tertiary/aromatic N) is 5. The van der Waals surface area contributed by atoms with Crippen LogP contribution >= 0.6 is 49.7 Å². The van der Waals surface area contributed by atoms with Gasteiger partial charge in [0.05, 0.1) is 0 Å². The highest BCUT2D eigenvalue weighted by Crippen LogP contribution is 2.25. The Balaban J connectivity index is 6.02. The molecule has 9 heteroatoms. The average Bonchev–Trinajstić information content (AvgIpc) is 2.37. The highest BCUT2D eigenvalue weighted by atomic mass is 32.1. The lowest BCUT2D eigenvalue weighted by Gasteiger charge is -2.47. The molecule has 0 aromatic rings. The zero-order valence-electron chi connectivity index (χ0n) is 14.4. The van der Waals surface area contributed by atoms with Crippen molar-refractivity contribution in [1.82, 2.24) is 5.53 Å². The van der Waals surface area contributed by atoms with Crippen molar-refractivity contribution in [2.24, 2.45) is 0 Å². The molecule has 2 atom stereocenters. The monoisotopic (exact) mass is 372 g/mol. The van der Waals surface area contributed by atoms with Crippen molar-refractivity contribution >= 4 is 58.3 Å². The quantitative estimate of drug-likeness (QED) is 0.319. The molecule has 0 fully saturated rings. The molecule has 0 saturated carbocycles. The van der Waals surface area contributed by atoms with Crippen molar-refractivity contribution < 1.29 is 18.6 Å².